The first-order chi connectivity index (χ1) is 9.58. The predicted octanol–water partition coefficient (Wildman–Crippen LogP) is 0.689. The zero-order chi connectivity index (χ0) is 14.7. The Kier molecular flexibility index (Phi) is 3.63. The van der Waals surface area contributed by atoms with Crippen LogP contribution in [0.25, 0.3) is 5.69 Å². The lowest BCUT2D eigenvalue weighted by Crippen LogP contribution is -2.06. The first-order valence-corrected chi connectivity index (χ1v) is 5.48. The molecule has 0 saturated heterocycles. The van der Waals surface area contributed by atoms with E-state index in [0.29, 0.717) is 11.4 Å². The van der Waals surface area contributed by atoms with E-state index in [1.807, 2.05) is 6.07 Å². The fourth-order valence-electron chi connectivity index (χ4n) is 1.69. The van der Waals surface area contributed by atoms with E-state index < -0.39 is 5.97 Å². The average molecular weight is 274 g/mol. The number of aromatic carboxylic acids is 1. The second-order valence-electron chi connectivity index (χ2n) is 3.85. The maximum atomic E-state index is 11.0. The van der Waals surface area contributed by atoms with Crippen LogP contribution in [0.2, 0.25) is 0 Å². The number of aromatic nitrogens is 3. The summed E-state index contributed by atoms with van der Waals surface area (Å²) in [7, 11) is 1.46. The molecule has 0 amide bonds. The third-order valence-electron chi connectivity index (χ3n) is 2.61. The molecule has 0 fully saturated rings. The zero-order valence-corrected chi connectivity index (χ0v) is 10.4. The van der Waals surface area contributed by atoms with Gasteiger partial charge >= 0.3 is 5.97 Å². The van der Waals surface area contributed by atoms with E-state index in [4.69, 9.17) is 15.1 Å². The number of methoxy groups -OCH3 is 1. The van der Waals surface area contributed by atoms with Gasteiger partial charge in [0, 0.05) is 7.11 Å². The number of benzene rings is 1. The number of nitrogens with zero attached hydrogens (tertiary/aromatic N) is 4. The van der Waals surface area contributed by atoms with Crippen molar-refractivity contribution in [3.05, 3.63) is 35.2 Å². The number of nitriles is 1. The first kappa shape index (κ1) is 13.5. The number of carbonyl (C=O) groups is 1. The van der Waals surface area contributed by atoms with Gasteiger partial charge in [-0.3, -0.25) is 0 Å². The van der Waals surface area contributed by atoms with Crippen molar-refractivity contribution in [1.82, 2.24) is 15.0 Å². The van der Waals surface area contributed by atoms with Crippen LogP contribution in [-0.2, 0) is 11.3 Å². The molecule has 0 spiro atoms. The van der Waals surface area contributed by atoms with Crippen molar-refractivity contribution in [3.8, 4) is 17.5 Å². The minimum Gasteiger partial charge on any atom is -0.507 e. The summed E-state index contributed by atoms with van der Waals surface area (Å²) < 4.78 is 6.27. The number of hydrogen-bond donors (Lipinski definition) is 2. The molecule has 0 unspecified atom stereocenters. The monoisotopic (exact) mass is 274 g/mol. The van der Waals surface area contributed by atoms with E-state index in [-0.39, 0.29) is 23.6 Å². The summed E-state index contributed by atoms with van der Waals surface area (Å²) in [5.74, 6) is -1.62. The smallest absolute Gasteiger partial charge is 0.339 e. The largest absolute Gasteiger partial charge is 0.507 e. The van der Waals surface area contributed by atoms with E-state index in [0.717, 1.165) is 0 Å². The van der Waals surface area contributed by atoms with E-state index >= 15 is 0 Å². The minimum absolute atomic E-state index is 0.0943. The molecular formula is C12H10N4O4. The quantitative estimate of drug-likeness (QED) is 0.841. The SMILES string of the molecule is COCc1c(C#N)nnn1-c1ccc(O)c(C(=O)O)c1. The highest BCUT2D eigenvalue weighted by atomic mass is 16.5. The van der Waals surface area contributed by atoms with Gasteiger partial charge in [0.1, 0.15) is 23.1 Å². The van der Waals surface area contributed by atoms with Crippen LogP contribution in [-0.4, -0.2) is 38.3 Å². The summed E-state index contributed by atoms with van der Waals surface area (Å²) in [6, 6.07) is 5.83. The number of carboxylic acid groups (broad SMARTS) is 1. The Hall–Kier alpha value is -2.92. The first-order valence-electron chi connectivity index (χ1n) is 5.48. The van der Waals surface area contributed by atoms with Crippen molar-refractivity contribution in [1.29, 1.82) is 5.26 Å². The van der Waals surface area contributed by atoms with Gasteiger partial charge in [-0.1, -0.05) is 5.21 Å². The maximum Gasteiger partial charge on any atom is 0.339 e. The van der Waals surface area contributed by atoms with Gasteiger partial charge in [-0.05, 0) is 18.2 Å². The highest BCUT2D eigenvalue weighted by molar-refractivity contribution is 5.91. The van der Waals surface area contributed by atoms with Crippen molar-refractivity contribution >= 4 is 5.97 Å². The van der Waals surface area contributed by atoms with E-state index in [2.05, 4.69) is 10.3 Å². The summed E-state index contributed by atoms with van der Waals surface area (Å²) in [4.78, 5) is 11.0. The van der Waals surface area contributed by atoms with Gasteiger partial charge in [0.05, 0.1) is 12.3 Å². The zero-order valence-electron chi connectivity index (χ0n) is 10.4. The van der Waals surface area contributed by atoms with Crippen LogP contribution >= 0.6 is 0 Å². The van der Waals surface area contributed by atoms with Gasteiger partial charge in [0.15, 0.2) is 5.69 Å². The highest BCUT2D eigenvalue weighted by Gasteiger charge is 2.16. The fraction of sp³-hybridized carbons (Fsp3) is 0.167. The number of carboxylic acids is 1. The van der Waals surface area contributed by atoms with Gasteiger partial charge in [-0.25, -0.2) is 9.48 Å². The lowest BCUT2D eigenvalue weighted by atomic mass is 10.1. The van der Waals surface area contributed by atoms with Gasteiger partial charge < -0.3 is 14.9 Å². The van der Waals surface area contributed by atoms with E-state index in [9.17, 15) is 9.90 Å². The molecule has 8 heteroatoms. The summed E-state index contributed by atoms with van der Waals surface area (Å²) in [5.41, 5.74) is 0.593. The molecule has 0 saturated carbocycles. The van der Waals surface area contributed by atoms with Crippen molar-refractivity contribution in [2.75, 3.05) is 7.11 Å². The van der Waals surface area contributed by atoms with Crippen LogP contribution in [0, 0.1) is 11.3 Å². The molecule has 1 heterocycles. The number of aromatic hydroxyl groups is 1. The molecule has 0 aliphatic heterocycles. The van der Waals surface area contributed by atoms with Crippen molar-refractivity contribution < 1.29 is 19.7 Å². The Labute approximate surface area is 113 Å². The summed E-state index contributed by atoms with van der Waals surface area (Å²) in [6.07, 6.45) is 0. The van der Waals surface area contributed by atoms with Crippen LogP contribution < -0.4 is 0 Å². The molecule has 2 rings (SSSR count). The molecule has 0 bridgehead atoms. The fourth-order valence-corrected chi connectivity index (χ4v) is 1.69. The maximum absolute atomic E-state index is 11.0. The molecule has 2 aromatic rings. The molecular weight excluding hydrogens is 264 g/mol. The van der Waals surface area contributed by atoms with Crippen LogP contribution in [0.4, 0.5) is 0 Å². The van der Waals surface area contributed by atoms with Crippen molar-refractivity contribution in [2.45, 2.75) is 6.61 Å². The number of ether oxygens (including phenoxy) is 1. The van der Waals surface area contributed by atoms with Crippen LogP contribution in [0.3, 0.4) is 0 Å². The lowest BCUT2D eigenvalue weighted by molar-refractivity contribution is 0.0693. The van der Waals surface area contributed by atoms with Crippen molar-refractivity contribution in [3.63, 3.8) is 0 Å². The Morgan fingerprint density at radius 2 is 2.30 bits per heavy atom. The van der Waals surface area contributed by atoms with Gasteiger partial charge in [-0.2, -0.15) is 5.26 Å². The second-order valence-corrected chi connectivity index (χ2v) is 3.85. The van der Waals surface area contributed by atoms with Crippen LogP contribution in [0.5, 0.6) is 5.75 Å². The molecule has 2 N–H and O–H groups in total. The van der Waals surface area contributed by atoms with Gasteiger partial charge in [0.2, 0.25) is 0 Å². The molecule has 0 atom stereocenters. The standard InChI is InChI=1S/C12H10N4O4/c1-20-6-10-9(5-13)14-15-16(10)7-2-3-11(17)8(4-7)12(18)19/h2-4,17H,6H2,1H3,(H,18,19). The topological polar surface area (TPSA) is 121 Å². The normalized spacial score (nSPS) is 10.2. The Morgan fingerprint density at radius 3 is 2.90 bits per heavy atom. The molecule has 1 aromatic carbocycles. The summed E-state index contributed by atoms with van der Waals surface area (Å²) in [5, 5.41) is 34.9. The van der Waals surface area contributed by atoms with Gasteiger partial charge in [-0.15, -0.1) is 5.10 Å². The minimum atomic E-state index is -1.27. The molecule has 102 valence electrons. The third kappa shape index (κ3) is 2.30. The van der Waals surface area contributed by atoms with E-state index in [1.54, 1.807) is 0 Å². The van der Waals surface area contributed by atoms with Crippen molar-refractivity contribution in [2.24, 2.45) is 0 Å². The average Bonchev–Trinajstić information content (AvgIpc) is 2.82. The Bertz CT molecular complexity index is 702. The molecule has 1 aromatic heterocycles. The molecule has 0 aliphatic carbocycles. The summed E-state index contributed by atoms with van der Waals surface area (Å²) in [6.45, 7) is 0.0964. The molecule has 8 nitrogen and oxygen atoms in total. The number of hydrogen-bond acceptors (Lipinski definition) is 6. The molecule has 0 aliphatic rings. The third-order valence-corrected chi connectivity index (χ3v) is 2.61. The highest BCUT2D eigenvalue weighted by Crippen LogP contribution is 2.22. The Morgan fingerprint density at radius 1 is 1.55 bits per heavy atom. The summed E-state index contributed by atoms with van der Waals surface area (Å²) >= 11 is 0. The van der Waals surface area contributed by atoms with Gasteiger partial charge in [0.25, 0.3) is 0 Å². The molecule has 0 radical (unpaired) electrons. The Balaban J connectivity index is 2.57. The van der Waals surface area contributed by atoms with E-state index in [1.165, 1.54) is 30.0 Å². The second kappa shape index (κ2) is 5.38. The lowest BCUT2D eigenvalue weighted by Gasteiger charge is -2.07. The predicted molar refractivity (Wildman–Crippen MR) is 65.4 cm³/mol. The van der Waals surface area contributed by atoms with Crippen LogP contribution in [0.1, 0.15) is 21.7 Å². The number of phenols is 1. The number of rotatable bonds is 4. The molecule has 20 heavy (non-hydrogen) atoms. The van der Waals surface area contributed by atoms with Crippen LogP contribution in [0.15, 0.2) is 18.2 Å².